The molecule has 0 atom stereocenters. The van der Waals surface area contributed by atoms with Crippen LogP contribution < -0.4 is 31.3 Å². The Morgan fingerprint density at radius 2 is 0.458 bits per heavy atom. The van der Waals surface area contributed by atoms with Crippen LogP contribution in [-0.4, -0.2) is 18.5 Å². The third kappa shape index (κ3) is 4.26. The van der Waals surface area contributed by atoms with Crippen LogP contribution in [0.25, 0.3) is 33.4 Å². The van der Waals surface area contributed by atoms with Crippen LogP contribution in [0.2, 0.25) is 0 Å². The fourth-order valence-electron chi connectivity index (χ4n) is 5.58. The first kappa shape index (κ1) is 33.3. The molecule has 0 aliphatic heterocycles. The lowest BCUT2D eigenvalue weighted by molar-refractivity contribution is -0.0885. The average molecular weight is 657 g/mol. The van der Waals surface area contributed by atoms with Crippen molar-refractivity contribution in [1.29, 1.82) is 47.4 Å². The van der Waals surface area contributed by atoms with E-state index in [2.05, 4.69) is 0 Å². The maximum atomic E-state index is 14.1. The van der Waals surface area contributed by atoms with E-state index >= 15 is 0 Å². The first-order chi connectivity index (χ1) is 22.4. The standard InChI is InChI=1S/C30F9N9/c31-28(32,33)16(7-46)19-10(1-40)22-23(11(19)2-41)25-14(5-44)21(18(9-48)30(37,38)39)15(6-45)27(25)26-13(4-43)20(12(3-42)24(22)26)17(8-47)29(34,35)36. The predicted octanol–water partition coefficient (Wildman–Crippen LogP) is 0.921. The number of nitriles is 9. The van der Waals surface area contributed by atoms with E-state index in [0.717, 1.165) is 18.2 Å². The number of fused-ring (bicyclic) bond motifs is 6. The minimum Gasteiger partial charge on any atom is -0.192 e. The molecule has 0 radical (unpaired) electrons. The van der Waals surface area contributed by atoms with Gasteiger partial charge in [0.15, 0.2) is 0 Å². The summed E-state index contributed by atoms with van der Waals surface area (Å²) < 4.78 is 127. The number of alkyl halides is 9. The second-order valence-electron chi connectivity index (χ2n) is 9.25. The molecular formula is C30F9N9. The van der Waals surface area contributed by atoms with Crippen molar-refractivity contribution in [3.8, 4) is 54.6 Å². The number of halogens is 9. The highest BCUT2D eigenvalue weighted by Crippen LogP contribution is 2.38. The molecule has 0 spiro atoms. The summed E-state index contributed by atoms with van der Waals surface area (Å²) in [6.45, 7) is 0. The Labute approximate surface area is 258 Å². The first-order valence-electron chi connectivity index (χ1n) is 12.0. The molecule has 3 aliphatic carbocycles. The molecule has 3 aliphatic rings. The molecule has 18 heteroatoms. The fourth-order valence-corrected chi connectivity index (χ4v) is 5.58. The molecule has 0 fully saturated rings. The number of rotatable bonds is 0. The van der Waals surface area contributed by atoms with Gasteiger partial charge in [-0.25, -0.2) is 0 Å². The number of allylic oxidation sites excluding steroid dienone is 6. The van der Waals surface area contributed by atoms with Gasteiger partial charge >= 0.3 is 18.5 Å². The number of nitrogens with zero attached hydrogens (tertiary/aromatic N) is 9. The van der Waals surface area contributed by atoms with Crippen LogP contribution in [0, 0.1) is 102 Å². The maximum Gasteiger partial charge on any atom is 0.426 e. The molecule has 1 aromatic carbocycles. The van der Waals surface area contributed by atoms with Gasteiger partial charge in [0.2, 0.25) is 0 Å². The van der Waals surface area contributed by atoms with Crippen molar-refractivity contribution >= 4 is 33.4 Å². The molecule has 1 aromatic rings. The molecule has 228 valence electrons. The van der Waals surface area contributed by atoms with E-state index in [1.54, 1.807) is 0 Å². The summed E-state index contributed by atoms with van der Waals surface area (Å²) in [6.07, 6.45) is -17.0. The van der Waals surface area contributed by atoms with E-state index in [-0.39, 0.29) is 0 Å². The van der Waals surface area contributed by atoms with Gasteiger partial charge in [0, 0.05) is 48.0 Å². The van der Waals surface area contributed by atoms with Gasteiger partial charge in [-0.3, -0.25) is 0 Å². The van der Waals surface area contributed by atoms with Crippen LogP contribution in [0.4, 0.5) is 39.5 Å². The van der Waals surface area contributed by atoms with Crippen LogP contribution in [-0.2, 0) is 0 Å². The van der Waals surface area contributed by atoms with Crippen LogP contribution >= 0.6 is 0 Å². The summed E-state index contributed by atoms with van der Waals surface area (Å²) >= 11 is 0. The maximum absolute atomic E-state index is 14.1. The molecule has 0 heterocycles. The van der Waals surface area contributed by atoms with Crippen LogP contribution in [0.1, 0.15) is 0 Å². The van der Waals surface area contributed by atoms with Crippen LogP contribution in [0.3, 0.4) is 0 Å². The van der Waals surface area contributed by atoms with Gasteiger partial charge in [0.25, 0.3) is 0 Å². The monoisotopic (exact) mass is 657 g/mol. The lowest BCUT2D eigenvalue weighted by Gasteiger charge is -2.09. The highest BCUT2D eigenvalue weighted by Gasteiger charge is 2.46. The van der Waals surface area contributed by atoms with E-state index < -0.39 is 117 Å². The van der Waals surface area contributed by atoms with Gasteiger partial charge in [0.05, 0.1) is 33.4 Å². The summed E-state index contributed by atoms with van der Waals surface area (Å²) in [7, 11) is 0. The second kappa shape index (κ2) is 10.8. The molecule has 0 N–H and O–H groups in total. The van der Waals surface area contributed by atoms with E-state index in [0.29, 0.717) is 0 Å². The normalized spacial score (nSPS) is 14.6. The Bertz CT molecular complexity index is 2280. The average Bonchev–Trinajstić information content (AvgIpc) is 3.60. The van der Waals surface area contributed by atoms with E-state index in [4.69, 9.17) is 0 Å². The van der Waals surface area contributed by atoms with Gasteiger partial charge in [0.1, 0.15) is 71.3 Å². The van der Waals surface area contributed by atoms with Crippen LogP contribution in [0.15, 0.2) is 33.4 Å². The number of hydrogen-bond acceptors (Lipinski definition) is 9. The lowest BCUT2D eigenvalue weighted by Crippen LogP contribution is -2.65. The van der Waals surface area contributed by atoms with Gasteiger partial charge < -0.3 is 0 Å². The fraction of sp³-hybridized carbons (Fsp3) is 0.100. The molecule has 4 rings (SSSR count). The number of hydrogen-bond donors (Lipinski definition) is 0. The molecular weight excluding hydrogens is 657 g/mol. The Balaban J connectivity index is 2.90. The van der Waals surface area contributed by atoms with Crippen molar-refractivity contribution in [1.82, 2.24) is 0 Å². The molecule has 0 unspecified atom stereocenters. The quantitative estimate of drug-likeness (QED) is 0.286. The third-order valence-electron chi connectivity index (χ3n) is 7.11. The zero-order valence-corrected chi connectivity index (χ0v) is 22.4. The van der Waals surface area contributed by atoms with E-state index in [1.165, 1.54) is 36.4 Å². The van der Waals surface area contributed by atoms with Gasteiger partial charge in [-0.05, 0) is 0 Å². The minimum atomic E-state index is -5.66. The van der Waals surface area contributed by atoms with E-state index in [9.17, 15) is 86.9 Å². The van der Waals surface area contributed by atoms with Crippen molar-refractivity contribution in [3.63, 3.8) is 0 Å². The predicted molar refractivity (Wildman–Crippen MR) is 134 cm³/mol. The molecule has 9 nitrogen and oxygen atoms in total. The first-order valence-corrected chi connectivity index (χ1v) is 12.0. The Morgan fingerprint density at radius 1 is 0.312 bits per heavy atom. The summed E-state index contributed by atoms with van der Waals surface area (Å²) in [5, 5.41) is 82.1. The smallest absolute Gasteiger partial charge is 0.192 e. The Morgan fingerprint density at radius 3 is 0.542 bits per heavy atom. The molecule has 0 saturated carbocycles. The highest BCUT2D eigenvalue weighted by atomic mass is 19.4. The van der Waals surface area contributed by atoms with Gasteiger partial charge in [-0.15, -0.1) is 0 Å². The van der Waals surface area contributed by atoms with Crippen molar-refractivity contribution in [2.45, 2.75) is 18.5 Å². The summed E-state index contributed by atoms with van der Waals surface area (Å²) in [5.74, 6) is 0. The SMILES string of the molecule is N#CC(=C1C(C#N)=c2c3c(c4c(c2=C1C#N)=C(C#N)C(=C(C#N)C(F)(F)F)C=4C#N)=C(C#N)C(=C(C#N)C(F)(F)F)C=3C#N)C(F)(F)F. The van der Waals surface area contributed by atoms with Crippen molar-refractivity contribution in [2.75, 3.05) is 0 Å². The molecule has 0 aromatic heterocycles. The summed E-state index contributed by atoms with van der Waals surface area (Å²) in [4.78, 5) is 0. The van der Waals surface area contributed by atoms with Crippen LogP contribution in [0.5, 0.6) is 0 Å². The minimum absolute atomic E-state index is 0.735. The van der Waals surface area contributed by atoms with Gasteiger partial charge in [-0.1, -0.05) is 0 Å². The Kier molecular flexibility index (Phi) is 7.50. The van der Waals surface area contributed by atoms with Crippen molar-refractivity contribution in [2.24, 2.45) is 0 Å². The third-order valence-corrected chi connectivity index (χ3v) is 7.11. The van der Waals surface area contributed by atoms with E-state index in [1.807, 2.05) is 0 Å². The van der Waals surface area contributed by atoms with Crippen molar-refractivity contribution in [3.05, 3.63) is 64.8 Å². The molecule has 0 saturated heterocycles. The number of benzene rings is 1. The molecule has 48 heavy (non-hydrogen) atoms. The lowest BCUT2D eigenvalue weighted by atomic mass is 9.96. The van der Waals surface area contributed by atoms with Crippen molar-refractivity contribution < 1.29 is 39.5 Å². The highest BCUT2D eigenvalue weighted by molar-refractivity contribution is 6.08. The molecule has 0 bridgehead atoms. The van der Waals surface area contributed by atoms with Gasteiger partial charge in [-0.2, -0.15) is 86.9 Å². The zero-order valence-electron chi connectivity index (χ0n) is 22.4. The second-order valence-corrected chi connectivity index (χ2v) is 9.25. The summed E-state index contributed by atoms with van der Waals surface area (Å²) in [6, 6.07) is 9.67. The topological polar surface area (TPSA) is 214 Å². The Hall–Kier alpha value is -7.56. The zero-order chi connectivity index (χ0) is 36.3. The largest absolute Gasteiger partial charge is 0.426 e. The summed E-state index contributed by atoms with van der Waals surface area (Å²) in [5.41, 5.74) is -19.4. The molecule has 0 amide bonds.